The maximum atomic E-state index is 13.6. The predicted molar refractivity (Wildman–Crippen MR) is 62.5 cm³/mol. The first kappa shape index (κ1) is 12.5. The van der Waals surface area contributed by atoms with Crippen LogP contribution in [0.5, 0.6) is 0 Å². The number of benzene rings is 1. The Labute approximate surface area is 100 Å². The molecule has 0 radical (unpaired) electrons. The lowest BCUT2D eigenvalue weighted by Gasteiger charge is -2.22. The summed E-state index contributed by atoms with van der Waals surface area (Å²) in [6.45, 7) is 0. The van der Waals surface area contributed by atoms with E-state index < -0.39 is 17.7 Å². The van der Waals surface area contributed by atoms with Crippen LogP contribution < -0.4 is 0 Å². The lowest BCUT2D eigenvalue weighted by molar-refractivity contribution is 0.0951. The van der Waals surface area contributed by atoms with Gasteiger partial charge in [-0.1, -0.05) is 31.7 Å². The highest BCUT2D eigenvalue weighted by molar-refractivity contribution is 5.21. The van der Waals surface area contributed by atoms with Gasteiger partial charge in [0.05, 0.1) is 6.10 Å². The summed E-state index contributed by atoms with van der Waals surface area (Å²) in [5.41, 5.74) is 0.235. The predicted octanol–water partition coefficient (Wildman–Crippen LogP) is 3.97. The van der Waals surface area contributed by atoms with Gasteiger partial charge in [-0.25, -0.2) is 8.78 Å². The van der Waals surface area contributed by atoms with E-state index in [1.165, 1.54) is 25.0 Å². The van der Waals surface area contributed by atoms with Crippen molar-refractivity contribution in [2.24, 2.45) is 5.92 Å². The largest absolute Gasteiger partial charge is 0.388 e. The van der Waals surface area contributed by atoms with E-state index in [0.717, 1.165) is 31.7 Å². The van der Waals surface area contributed by atoms with Gasteiger partial charge < -0.3 is 5.11 Å². The molecule has 1 nitrogen and oxygen atoms in total. The fraction of sp³-hybridized carbons (Fsp3) is 0.571. The Morgan fingerprint density at radius 3 is 2.29 bits per heavy atom. The Morgan fingerprint density at radius 2 is 1.71 bits per heavy atom. The molecule has 3 heteroatoms. The molecule has 0 amide bonds. The normalized spacial score (nSPS) is 19.9. The molecule has 1 aliphatic rings. The number of hydrogen-bond acceptors (Lipinski definition) is 1. The van der Waals surface area contributed by atoms with Crippen LogP contribution in [0.3, 0.4) is 0 Å². The molecule has 0 heterocycles. The van der Waals surface area contributed by atoms with Gasteiger partial charge in [0.25, 0.3) is 0 Å². The van der Waals surface area contributed by atoms with E-state index in [1.54, 1.807) is 0 Å². The van der Waals surface area contributed by atoms with Crippen LogP contribution in [-0.4, -0.2) is 5.11 Å². The van der Waals surface area contributed by atoms with Crippen LogP contribution in [0, 0.1) is 17.6 Å². The first-order chi connectivity index (χ1) is 8.18. The van der Waals surface area contributed by atoms with Crippen molar-refractivity contribution in [2.45, 2.75) is 44.6 Å². The molecule has 1 saturated carbocycles. The Morgan fingerprint density at radius 1 is 1.06 bits per heavy atom. The minimum absolute atomic E-state index is 0.109. The zero-order valence-corrected chi connectivity index (χ0v) is 9.83. The zero-order chi connectivity index (χ0) is 12.3. The quantitative estimate of drug-likeness (QED) is 0.775. The average molecular weight is 240 g/mol. The third-order valence-corrected chi connectivity index (χ3v) is 3.63. The van der Waals surface area contributed by atoms with Gasteiger partial charge in [0, 0.05) is 11.6 Å². The van der Waals surface area contributed by atoms with Crippen LogP contribution in [0.2, 0.25) is 0 Å². The number of aliphatic hydroxyl groups excluding tert-OH is 1. The van der Waals surface area contributed by atoms with Gasteiger partial charge >= 0.3 is 0 Å². The number of aliphatic hydroxyl groups is 1. The van der Waals surface area contributed by atoms with Gasteiger partial charge in [0.1, 0.15) is 11.6 Å². The van der Waals surface area contributed by atoms with E-state index >= 15 is 0 Å². The highest BCUT2D eigenvalue weighted by Crippen LogP contribution is 2.34. The molecule has 2 rings (SSSR count). The number of hydrogen-bond donors (Lipinski definition) is 1. The number of halogens is 2. The van der Waals surface area contributed by atoms with Crippen LogP contribution >= 0.6 is 0 Å². The van der Waals surface area contributed by atoms with Crippen LogP contribution in [0.25, 0.3) is 0 Å². The highest BCUT2D eigenvalue weighted by Gasteiger charge is 2.24. The molecule has 1 atom stereocenters. The smallest absolute Gasteiger partial charge is 0.131 e. The van der Waals surface area contributed by atoms with Crippen molar-refractivity contribution in [3.05, 3.63) is 35.4 Å². The van der Waals surface area contributed by atoms with E-state index in [-0.39, 0.29) is 11.5 Å². The molecule has 1 aliphatic carbocycles. The molecular formula is C14H18F2O. The topological polar surface area (TPSA) is 20.2 Å². The van der Waals surface area contributed by atoms with E-state index in [1.807, 2.05) is 0 Å². The first-order valence-corrected chi connectivity index (χ1v) is 6.31. The van der Waals surface area contributed by atoms with E-state index in [4.69, 9.17) is 0 Å². The molecule has 0 aliphatic heterocycles. The maximum Gasteiger partial charge on any atom is 0.131 e. The molecule has 17 heavy (non-hydrogen) atoms. The average Bonchev–Trinajstić information content (AvgIpc) is 2.56. The second kappa shape index (κ2) is 5.58. The van der Waals surface area contributed by atoms with Crippen molar-refractivity contribution in [1.82, 2.24) is 0 Å². The van der Waals surface area contributed by atoms with Crippen LogP contribution in [0.4, 0.5) is 8.78 Å². The van der Waals surface area contributed by atoms with Crippen LogP contribution in [0.1, 0.15) is 50.2 Å². The molecule has 0 spiro atoms. The summed E-state index contributed by atoms with van der Waals surface area (Å²) < 4.78 is 26.4. The molecule has 1 fully saturated rings. The molecule has 0 aromatic heterocycles. The second-order valence-corrected chi connectivity index (χ2v) is 4.86. The zero-order valence-electron chi connectivity index (χ0n) is 9.83. The lowest BCUT2D eigenvalue weighted by Crippen LogP contribution is -2.13. The molecule has 1 N–H and O–H groups in total. The summed E-state index contributed by atoms with van der Waals surface area (Å²) in [6, 6.07) is 3.41. The Kier molecular flexibility index (Phi) is 4.11. The van der Waals surface area contributed by atoms with Crippen molar-refractivity contribution in [3.8, 4) is 0 Å². The van der Waals surface area contributed by atoms with E-state index in [0.29, 0.717) is 0 Å². The Hall–Kier alpha value is -0.960. The van der Waals surface area contributed by atoms with Crippen LogP contribution in [-0.2, 0) is 0 Å². The molecule has 1 aromatic rings. The van der Waals surface area contributed by atoms with Gasteiger partial charge in [-0.05, 0) is 24.8 Å². The van der Waals surface area contributed by atoms with Crippen molar-refractivity contribution in [2.75, 3.05) is 0 Å². The third-order valence-electron chi connectivity index (χ3n) is 3.63. The monoisotopic (exact) mass is 240 g/mol. The molecule has 1 aromatic carbocycles. The maximum absolute atomic E-state index is 13.6. The summed E-state index contributed by atoms with van der Waals surface area (Å²) in [5.74, 6) is -1.13. The second-order valence-electron chi connectivity index (χ2n) is 4.86. The third kappa shape index (κ3) is 3.03. The molecule has 94 valence electrons. The fourth-order valence-corrected chi connectivity index (χ4v) is 2.62. The minimum atomic E-state index is -0.798. The minimum Gasteiger partial charge on any atom is -0.388 e. The molecule has 0 bridgehead atoms. The SMILES string of the molecule is O[C@@H](c1ccc(F)cc1F)C1CCCCCC1. The number of rotatable bonds is 2. The summed E-state index contributed by atoms with van der Waals surface area (Å²) >= 11 is 0. The van der Waals surface area contributed by atoms with E-state index in [9.17, 15) is 13.9 Å². The van der Waals surface area contributed by atoms with E-state index in [2.05, 4.69) is 0 Å². The Bertz CT molecular complexity index is 370. The summed E-state index contributed by atoms with van der Waals surface area (Å²) in [5, 5.41) is 10.2. The van der Waals surface area contributed by atoms with Crippen molar-refractivity contribution in [1.29, 1.82) is 0 Å². The molecular weight excluding hydrogens is 222 g/mol. The van der Waals surface area contributed by atoms with Gasteiger partial charge in [0.15, 0.2) is 0 Å². The van der Waals surface area contributed by atoms with Crippen molar-refractivity contribution < 1.29 is 13.9 Å². The molecule has 0 unspecified atom stereocenters. The van der Waals surface area contributed by atoms with Crippen molar-refractivity contribution >= 4 is 0 Å². The first-order valence-electron chi connectivity index (χ1n) is 6.31. The Balaban J connectivity index is 2.14. The standard InChI is InChI=1S/C14H18F2O/c15-11-7-8-12(13(16)9-11)14(17)10-5-3-1-2-4-6-10/h7-10,14,17H,1-6H2/t14-/m1/s1. The van der Waals surface area contributed by atoms with Gasteiger partial charge in [-0.2, -0.15) is 0 Å². The highest BCUT2D eigenvalue weighted by atomic mass is 19.1. The van der Waals surface area contributed by atoms with Gasteiger partial charge in [-0.3, -0.25) is 0 Å². The fourth-order valence-electron chi connectivity index (χ4n) is 2.62. The summed E-state index contributed by atoms with van der Waals surface area (Å²) in [4.78, 5) is 0. The van der Waals surface area contributed by atoms with Crippen LogP contribution in [0.15, 0.2) is 18.2 Å². The lowest BCUT2D eigenvalue weighted by atomic mass is 9.89. The summed E-state index contributed by atoms with van der Waals surface area (Å²) in [7, 11) is 0. The van der Waals surface area contributed by atoms with Gasteiger partial charge in [-0.15, -0.1) is 0 Å². The van der Waals surface area contributed by atoms with Gasteiger partial charge in [0.2, 0.25) is 0 Å². The summed E-state index contributed by atoms with van der Waals surface area (Å²) in [6.07, 6.45) is 5.61. The van der Waals surface area contributed by atoms with Crippen molar-refractivity contribution in [3.63, 3.8) is 0 Å². The molecule has 0 saturated heterocycles.